The third-order valence-electron chi connectivity index (χ3n) is 2.36. The lowest BCUT2D eigenvalue weighted by molar-refractivity contribution is 0.553. The van der Waals surface area contributed by atoms with E-state index >= 15 is 0 Å². The maximum absolute atomic E-state index is 13.0. The number of rotatable bonds is 1. The van der Waals surface area contributed by atoms with Crippen molar-refractivity contribution in [2.45, 2.75) is 11.8 Å². The standard InChI is InChI=1S/C11H9FO2S/c1-8-6-7-11(15(12,13)14)10-5-3-2-4-9(8)10/h2-7H,1H3. The highest BCUT2D eigenvalue weighted by molar-refractivity contribution is 7.86. The minimum absolute atomic E-state index is 0.260. The monoisotopic (exact) mass is 224 g/mol. The van der Waals surface area contributed by atoms with Crippen LogP contribution in [0.2, 0.25) is 0 Å². The van der Waals surface area contributed by atoms with Crippen molar-refractivity contribution in [3.8, 4) is 0 Å². The first-order chi connectivity index (χ1) is 7.00. The van der Waals surface area contributed by atoms with Crippen molar-refractivity contribution in [1.29, 1.82) is 0 Å². The van der Waals surface area contributed by atoms with E-state index in [1.54, 1.807) is 30.3 Å². The Morgan fingerprint density at radius 1 is 1.00 bits per heavy atom. The zero-order valence-corrected chi connectivity index (χ0v) is 8.88. The van der Waals surface area contributed by atoms with Crippen LogP contribution in [-0.4, -0.2) is 8.42 Å². The van der Waals surface area contributed by atoms with Gasteiger partial charge < -0.3 is 0 Å². The molecule has 2 aromatic carbocycles. The minimum Gasteiger partial charge on any atom is -0.189 e. The van der Waals surface area contributed by atoms with Crippen LogP contribution in [0.4, 0.5) is 3.89 Å². The van der Waals surface area contributed by atoms with E-state index in [-0.39, 0.29) is 4.90 Å². The molecular weight excluding hydrogens is 215 g/mol. The molecule has 0 unspecified atom stereocenters. The molecule has 2 aromatic rings. The molecule has 0 heterocycles. The van der Waals surface area contributed by atoms with E-state index in [1.165, 1.54) is 6.07 Å². The molecule has 0 aliphatic rings. The largest absolute Gasteiger partial charge is 0.332 e. The molecule has 0 N–H and O–H groups in total. The fraction of sp³-hybridized carbons (Fsp3) is 0.0909. The van der Waals surface area contributed by atoms with Crippen molar-refractivity contribution in [3.63, 3.8) is 0 Å². The molecule has 4 heteroatoms. The number of aryl methyl sites for hydroxylation is 1. The molecule has 2 nitrogen and oxygen atoms in total. The maximum atomic E-state index is 13.0. The maximum Gasteiger partial charge on any atom is 0.332 e. The van der Waals surface area contributed by atoms with E-state index < -0.39 is 10.2 Å². The summed E-state index contributed by atoms with van der Waals surface area (Å²) in [5.41, 5.74) is 0.929. The van der Waals surface area contributed by atoms with Crippen molar-refractivity contribution < 1.29 is 12.3 Å². The average Bonchev–Trinajstić information content (AvgIpc) is 2.17. The van der Waals surface area contributed by atoms with Crippen molar-refractivity contribution >= 4 is 21.0 Å². The fourth-order valence-electron chi connectivity index (χ4n) is 1.63. The van der Waals surface area contributed by atoms with E-state index in [9.17, 15) is 12.3 Å². The van der Waals surface area contributed by atoms with Gasteiger partial charge in [0.05, 0.1) is 0 Å². The van der Waals surface area contributed by atoms with Crippen molar-refractivity contribution in [3.05, 3.63) is 42.0 Å². The normalized spacial score (nSPS) is 11.9. The van der Waals surface area contributed by atoms with E-state index in [0.717, 1.165) is 10.9 Å². The highest BCUT2D eigenvalue weighted by Crippen LogP contribution is 2.26. The molecule has 0 aromatic heterocycles. The molecule has 0 aliphatic carbocycles. The van der Waals surface area contributed by atoms with Crippen molar-refractivity contribution in [2.75, 3.05) is 0 Å². The lowest BCUT2D eigenvalue weighted by Crippen LogP contribution is -1.94. The van der Waals surface area contributed by atoms with Gasteiger partial charge in [0.15, 0.2) is 0 Å². The number of halogens is 1. The first-order valence-corrected chi connectivity index (χ1v) is 5.81. The van der Waals surface area contributed by atoms with Crippen LogP contribution in [0.3, 0.4) is 0 Å². The summed E-state index contributed by atoms with van der Waals surface area (Å²) < 4.78 is 34.7. The lowest BCUT2D eigenvalue weighted by Gasteiger charge is -2.04. The van der Waals surface area contributed by atoms with Gasteiger partial charge in [0.2, 0.25) is 0 Å². The van der Waals surface area contributed by atoms with Gasteiger partial charge in [0, 0.05) is 5.39 Å². The van der Waals surface area contributed by atoms with Gasteiger partial charge in [0.1, 0.15) is 4.90 Å². The summed E-state index contributed by atoms with van der Waals surface area (Å²) in [6.45, 7) is 1.86. The van der Waals surface area contributed by atoms with Gasteiger partial charge in [0.25, 0.3) is 0 Å². The zero-order chi connectivity index (χ0) is 11.1. The molecule has 15 heavy (non-hydrogen) atoms. The molecule has 0 saturated carbocycles. The third kappa shape index (κ3) is 1.72. The number of fused-ring (bicyclic) bond motifs is 1. The minimum atomic E-state index is -4.65. The predicted molar refractivity (Wildman–Crippen MR) is 57.0 cm³/mol. The Hall–Kier alpha value is -1.42. The van der Waals surface area contributed by atoms with Gasteiger partial charge in [-0.1, -0.05) is 30.3 Å². The second kappa shape index (κ2) is 3.31. The summed E-state index contributed by atoms with van der Waals surface area (Å²) >= 11 is 0. The van der Waals surface area contributed by atoms with Crippen LogP contribution in [-0.2, 0) is 10.2 Å². The number of benzene rings is 2. The summed E-state index contributed by atoms with van der Waals surface area (Å²) in [5.74, 6) is 0. The van der Waals surface area contributed by atoms with E-state index in [0.29, 0.717) is 5.39 Å². The average molecular weight is 224 g/mol. The summed E-state index contributed by atoms with van der Waals surface area (Å²) in [5, 5.41) is 1.19. The summed E-state index contributed by atoms with van der Waals surface area (Å²) in [6.07, 6.45) is 0. The van der Waals surface area contributed by atoms with Crippen LogP contribution in [0, 0.1) is 6.92 Å². The fourth-order valence-corrected chi connectivity index (χ4v) is 2.31. The van der Waals surface area contributed by atoms with Crippen LogP contribution < -0.4 is 0 Å². The molecular formula is C11H9FO2S. The lowest BCUT2D eigenvalue weighted by atomic mass is 10.1. The molecule has 78 valence electrons. The summed E-state index contributed by atoms with van der Waals surface area (Å²) in [4.78, 5) is -0.260. The third-order valence-corrected chi connectivity index (χ3v) is 3.25. The van der Waals surface area contributed by atoms with Gasteiger partial charge in [-0.3, -0.25) is 0 Å². The SMILES string of the molecule is Cc1ccc(S(=O)(=O)F)c2ccccc12. The van der Waals surface area contributed by atoms with Crippen LogP contribution in [0.25, 0.3) is 10.8 Å². The molecule has 0 fully saturated rings. The molecule has 0 aliphatic heterocycles. The van der Waals surface area contributed by atoms with Crippen molar-refractivity contribution in [1.82, 2.24) is 0 Å². The van der Waals surface area contributed by atoms with Gasteiger partial charge in [-0.2, -0.15) is 8.42 Å². The first-order valence-electron chi connectivity index (χ1n) is 4.43. The molecule has 0 amide bonds. The molecule has 0 radical (unpaired) electrons. The topological polar surface area (TPSA) is 34.1 Å². The highest BCUT2D eigenvalue weighted by Gasteiger charge is 2.15. The Morgan fingerprint density at radius 2 is 1.60 bits per heavy atom. The van der Waals surface area contributed by atoms with Crippen LogP contribution in [0.15, 0.2) is 41.3 Å². The molecule has 0 spiro atoms. The predicted octanol–water partition coefficient (Wildman–Crippen LogP) is 2.81. The Balaban J connectivity index is 2.96. The van der Waals surface area contributed by atoms with Crippen LogP contribution in [0.1, 0.15) is 5.56 Å². The van der Waals surface area contributed by atoms with Gasteiger partial charge in [-0.05, 0) is 23.9 Å². The van der Waals surface area contributed by atoms with Gasteiger partial charge in [-0.15, -0.1) is 3.89 Å². The number of hydrogen-bond acceptors (Lipinski definition) is 2. The second-order valence-electron chi connectivity index (χ2n) is 3.36. The zero-order valence-electron chi connectivity index (χ0n) is 8.07. The summed E-state index contributed by atoms with van der Waals surface area (Å²) in [7, 11) is -4.65. The molecule has 0 atom stereocenters. The van der Waals surface area contributed by atoms with E-state index in [2.05, 4.69) is 0 Å². The highest BCUT2D eigenvalue weighted by atomic mass is 32.3. The van der Waals surface area contributed by atoms with Crippen LogP contribution >= 0.6 is 0 Å². The second-order valence-corrected chi connectivity index (χ2v) is 4.68. The molecule has 0 saturated heterocycles. The van der Waals surface area contributed by atoms with Crippen LogP contribution in [0.5, 0.6) is 0 Å². The van der Waals surface area contributed by atoms with Gasteiger partial charge >= 0.3 is 10.2 Å². The quantitative estimate of drug-likeness (QED) is 0.698. The van der Waals surface area contributed by atoms with Crippen molar-refractivity contribution in [2.24, 2.45) is 0 Å². The smallest absolute Gasteiger partial charge is 0.189 e. The van der Waals surface area contributed by atoms with E-state index in [4.69, 9.17) is 0 Å². The number of hydrogen-bond donors (Lipinski definition) is 0. The Morgan fingerprint density at radius 3 is 2.20 bits per heavy atom. The molecule has 0 bridgehead atoms. The van der Waals surface area contributed by atoms with E-state index in [1.807, 2.05) is 6.92 Å². The summed E-state index contributed by atoms with van der Waals surface area (Å²) in [6, 6.07) is 9.77. The molecule has 2 rings (SSSR count). The first kappa shape index (κ1) is 10.1. The Kier molecular flexibility index (Phi) is 2.23. The van der Waals surface area contributed by atoms with Gasteiger partial charge in [-0.25, -0.2) is 0 Å². The Bertz CT molecular complexity index is 618. The Labute approximate surface area is 87.6 Å².